The summed E-state index contributed by atoms with van der Waals surface area (Å²) in [5.41, 5.74) is 0.0888. The summed E-state index contributed by atoms with van der Waals surface area (Å²) in [6.45, 7) is 1.87. The summed E-state index contributed by atoms with van der Waals surface area (Å²) in [5, 5.41) is 16.0. The average Bonchev–Trinajstić information content (AvgIpc) is 2.99. The van der Waals surface area contributed by atoms with E-state index in [0.29, 0.717) is 0 Å². The van der Waals surface area contributed by atoms with Crippen molar-refractivity contribution in [3.05, 3.63) is 57.6 Å². The minimum atomic E-state index is -0.904. The highest BCUT2D eigenvalue weighted by Crippen LogP contribution is 2.38. The highest BCUT2D eigenvalue weighted by atomic mass is 32.1. The van der Waals surface area contributed by atoms with Crippen LogP contribution in [0, 0.1) is 0 Å². The zero-order valence-electron chi connectivity index (χ0n) is 9.38. The maximum absolute atomic E-state index is 10.8. The fourth-order valence-corrected chi connectivity index (χ4v) is 3.88. The van der Waals surface area contributed by atoms with Gasteiger partial charge in [-0.25, -0.2) is 0 Å². The molecule has 0 saturated carbocycles. The standard InChI is InChI=1S/C14H12OS2/c1-14(15,12-6-3-8-16-12)11-5-2-4-10-7-9-17-13(10)11/h2-9,15H,1H3. The van der Waals surface area contributed by atoms with E-state index < -0.39 is 5.60 Å². The Hall–Kier alpha value is -1.16. The number of benzene rings is 1. The number of hydrogen-bond donors (Lipinski definition) is 1. The Balaban J connectivity index is 2.24. The average molecular weight is 260 g/mol. The summed E-state index contributed by atoms with van der Waals surface area (Å²) in [4.78, 5) is 0.985. The number of hydrogen-bond acceptors (Lipinski definition) is 3. The smallest absolute Gasteiger partial charge is 0.122 e. The first-order valence-corrected chi connectivity index (χ1v) is 7.18. The molecule has 0 aliphatic heterocycles. The van der Waals surface area contributed by atoms with Gasteiger partial charge in [-0.2, -0.15) is 0 Å². The molecule has 2 heterocycles. The minimum Gasteiger partial charge on any atom is -0.380 e. The normalized spacial score (nSPS) is 14.9. The summed E-state index contributed by atoms with van der Waals surface area (Å²) >= 11 is 3.27. The molecule has 1 aromatic carbocycles. The molecule has 3 rings (SSSR count). The Morgan fingerprint density at radius 1 is 1.00 bits per heavy atom. The Kier molecular flexibility index (Phi) is 2.54. The van der Waals surface area contributed by atoms with Crippen molar-refractivity contribution in [3.8, 4) is 0 Å². The van der Waals surface area contributed by atoms with E-state index in [1.54, 1.807) is 22.7 Å². The third-order valence-corrected chi connectivity index (χ3v) is 5.05. The van der Waals surface area contributed by atoms with Crippen LogP contribution in [0.15, 0.2) is 47.2 Å². The van der Waals surface area contributed by atoms with Gasteiger partial charge in [-0.15, -0.1) is 22.7 Å². The predicted octanol–water partition coefficient (Wildman–Crippen LogP) is 4.22. The molecule has 0 amide bonds. The lowest BCUT2D eigenvalue weighted by atomic mass is 9.93. The molecule has 1 unspecified atom stereocenters. The van der Waals surface area contributed by atoms with Crippen LogP contribution in [0.2, 0.25) is 0 Å². The van der Waals surface area contributed by atoms with E-state index in [1.807, 2.05) is 36.6 Å². The third-order valence-electron chi connectivity index (χ3n) is 3.00. The fourth-order valence-electron chi connectivity index (χ4n) is 2.06. The van der Waals surface area contributed by atoms with Gasteiger partial charge >= 0.3 is 0 Å². The summed E-state index contributed by atoms with van der Waals surface area (Å²) in [7, 11) is 0. The van der Waals surface area contributed by atoms with Crippen LogP contribution in [0.4, 0.5) is 0 Å². The molecule has 86 valence electrons. The van der Waals surface area contributed by atoms with Crippen molar-refractivity contribution in [3.63, 3.8) is 0 Å². The molecule has 0 radical (unpaired) electrons. The van der Waals surface area contributed by atoms with Crippen LogP contribution >= 0.6 is 22.7 Å². The van der Waals surface area contributed by atoms with Gasteiger partial charge in [-0.3, -0.25) is 0 Å². The fraction of sp³-hybridized carbons (Fsp3) is 0.143. The first-order valence-electron chi connectivity index (χ1n) is 5.42. The van der Waals surface area contributed by atoms with Crippen LogP contribution in [-0.4, -0.2) is 5.11 Å². The maximum atomic E-state index is 10.8. The Morgan fingerprint density at radius 3 is 2.65 bits per heavy atom. The van der Waals surface area contributed by atoms with Crippen molar-refractivity contribution in [1.82, 2.24) is 0 Å². The molecule has 0 bridgehead atoms. The second-order valence-electron chi connectivity index (χ2n) is 4.19. The second kappa shape index (κ2) is 3.95. The van der Waals surface area contributed by atoms with E-state index in [-0.39, 0.29) is 0 Å². The van der Waals surface area contributed by atoms with Gasteiger partial charge < -0.3 is 5.11 Å². The van der Waals surface area contributed by atoms with Gasteiger partial charge in [0, 0.05) is 15.1 Å². The molecule has 1 N–H and O–H groups in total. The Bertz CT molecular complexity index is 635. The summed E-state index contributed by atoms with van der Waals surface area (Å²) in [6, 6.07) is 12.2. The third kappa shape index (κ3) is 1.71. The number of fused-ring (bicyclic) bond motifs is 1. The molecule has 3 aromatic rings. The minimum absolute atomic E-state index is 0.904. The molecule has 2 aromatic heterocycles. The van der Waals surface area contributed by atoms with Crippen molar-refractivity contribution in [2.45, 2.75) is 12.5 Å². The highest BCUT2D eigenvalue weighted by molar-refractivity contribution is 7.17. The molecular formula is C14H12OS2. The zero-order chi connectivity index (χ0) is 11.9. The first-order chi connectivity index (χ1) is 8.19. The van der Waals surface area contributed by atoms with Crippen LogP contribution in [0.25, 0.3) is 10.1 Å². The number of aliphatic hydroxyl groups is 1. The summed E-state index contributed by atoms with van der Waals surface area (Å²) < 4.78 is 1.17. The molecule has 1 atom stereocenters. The summed E-state index contributed by atoms with van der Waals surface area (Å²) in [6.07, 6.45) is 0. The van der Waals surface area contributed by atoms with Gasteiger partial charge in [0.1, 0.15) is 5.60 Å². The van der Waals surface area contributed by atoms with E-state index in [1.165, 1.54) is 10.1 Å². The van der Waals surface area contributed by atoms with E-state index in [2.05, 4.69) is 17.5 Å². The lowest BCUT2D eigenvalue weighted by Crippen LogP contribution is -2.21. The Labute approximate surface area is 108 Å². The number of thiophene rings is 2. The van der Waals surface area contributed by atoms with E-state index in [4.69, 9.17) is 0 Å². The molecule has 0 aliphatic rings. The quantitative estimate of drug-likeness (QED) is 0.731. The van der Waals surface area contributed by atoms with E-state index in [0.717, 1.165) is 10.4 Å². The molecule has 1 nitrogen and oxygen atoms in total. The predicted molar refractivity (Wildman–Crippen MR) is 74.8 cm³/mol. The highest BCUT2D eigenvalue weighted by Gasteiger charge is 2.28. The lowest BCUT2D eigenvalue weighted by Gasteiger charge is -2.23. The Morgan fingerprint density at radius 2 is 1.88 bits per heavy atom. The van der Waals surface area contributed by atoms with Crippen LogP contribution in [0.3, 0.4) is 0 Å². The first kappa shape index (κ1) is 11.0. The van der Waals surface area contributed by atoms with Crippen LogP contribution in [0.5, 0.6) is 0 Å². The van der Waals surface area contributed by atoms with Crippen LogP contribution in [0.1, 0.15) is 17.4 Å². The topological polar surface area (TPSA) is 20.2 Å². The largest absolute Gasteiger partial charge is 0.380 e. The molecule has 0 fully saturated rings. The monoisotopic (exact) mass is 260 g/mol. The maximum Gasteiger partial charge on any atom is 0.122 e. The SMILES string of the molecule is CC(O)(c1cccs1)c1cccc2ccsc12. The van der Waals surface area contributed by atoms with Crippen LogP contribution < -0.4 is 0 Å². The van der Waals surface area contributed by atoms with Crippen molar-refractivity contribution in [2.75, 3.05) is 0 Å². The van der Waals surface area contributed by atoms with E-state index >= 15 is 0 Å². The van der Waals surface area contributed by atoms with Gasteiger partial charge in [0.25, 0.3) is 0 Å². The van der Waals surface area contributed by atoms with Crippen molar-refractivity contribution in [2.24, 2.45) is 0 Å². The second-order valence-corrected chi connectivity index (χ2v) is 6.06. The van der Waals surface area contributed by atoms with Gasteiger partial charge in [0.15, 0.2) is 0 Å². The van der Waals surface area contributed by atoms with Gasteiger partial charge in [-0.05, 0) is 35.2 Å². The molecule has 0 aliphatic carbocycles. The van der Waals surface area contributed by atoms with Gasteiger partial charge in [-0.1, -0.05) is 24.3 Å². The van der Waals surface area contributed by atoms with E-state index in [9.17, 15) is 5.11 Å². The lowest BCUT2D eigenvalue weighted by molar-refractivity contribution is 0.108. The van der Waals surface area contributed by atoms with Crippen molar-refractivity contribution < 1.29 is 5.11 Å². The van der Waals surface area contributed by atoms with Gasteiger partial charge in [0.2, 0.25) is 0 Å². The molecule has 0 spiro atoms. The van der Waals surface area contributed by atoms with Crippen LogP contribution in [-0.2, 0) is 5.60 Å². The van der Waals surface area contributed by atoms with Crippen molar-refractivity contribution >= 4 is 32.8 Å². The molecule has 0 saturated heterocycles. The number of rotatable bonds is 2. The molecular weight excluding hydrogens is 248 g/mol. The molecule has 17 heavy (non-hydrogen) atoms. The zero-order valence-corrected chi connectivity index (χ0v) is 11.0. The van der Waals surface area contributed by atoms with Crippen molar-refractivity contribution in [1.29, 1.82) is 0 Å². The summed E-state index contributed by atoms with van der Waals surface area (Å²) in [5.74, 6) is 0. The van der Waals surface area contributed by atoms with Gasteiger partial charge in [0.05, 0.1) is 0 Å². The molecule has 3 heteroatoms.